The van der Waals surface area contributed by atoms with Gasteiger partial charge in [-0.05, 0) is 119 Å². The lowest BCUT2D eigenvalue weighted by molar-refractivity contribution is 1.30. The standard InChI is InChI=1S/C58H39N/c1-3-16-45-36-48(28-26-40(45)12-1)49-32-35-56(51-29-27-41-13-2-4-17-46(41)38-51)58(39-49)59(57-25-11-19-44-15-6-8-23-55(44)57)52-33-30-42(31-34-52)47-20-9-21-50(37-47)54-24-10-18-43-14-5-7-22-53(43)54/h1-39H. The van der Waals surface area contributed by atoms with Crippen LogP contribution in [-0.2, 0) is 0 Å². The Balaban J connectivity index is 1.10. The summed E-state index contributed by atoms with van der Waals surface area (Å²) < 4.78 is 0. The summed E-state index contributed by atoms with van der Waals surface area (Å²) in [7, 11) is 0. The Morgan fingerprint density at radius 3 is 1.44 bits per heavy atom. The van der Waals surface area contributed by atoms with Crippen molar-refractivity contribution in [2.24, 2.45) is 0 Å². The third-order valence-electron chi connectivity index (χ3n) is 11.8. The minimum Gasteiger partial charge on any atom is -0.309 e. The van der Waals surface area contributed by atoms with E-state index >= 15 is 0 Å². The molecule has 0 bridgehead atoms. The Kier molecular flexibility index (Phi) is 8.56. The summed E-state index contributed by atoms with van der Waals surface area (Å²) in [6.07, 6.45) is 0. The first-order chi connectivity index (χ1) is 29.2. The zero-order valence-electron chi connectivity index (χ0n) is 32.5. The van der Waals surface area contributed by atoms with Crippen molar-refractivity contribution in [1.82, 2.24) is 0 Å². The van der Waals surface area contributed by atoms with Crippen LogP contribution in [0.25, 0.3) is 87.6 Å². The highest BCUT2D eigenvalue weighted by molar-refractivity contribution is 6.03. The topological polar surface area (TPSA) is 3.24 Å². The van der Waals surface area contributed by atoms with Gasteiger partial charge in [0.1, 0.15) is 0 Å². The van der Waals surface area contributed by atoms with Gasteiger partial charge in [0.15, 0.2) is 0 Å². The van der Waals surface area contributed by atoms with Crippen LogP contribution in [-0.4, -0.2) is 0 Å². The van der Waals surface area contributed by atoms with Gasteiger partial charge in [-0.1, -0.05) is 194 Å². The van der Waals surface area contributed by atoms with Crippen LogP contribution in [0.4, 0.5) is 17.1 Å². The fraction of sp³-hybridized carbons (Fsp3) is 0. The summed E-state index contributed by atoms with van der Waals surface area (Å²) in [5.74, 6) is 0. The summed E-state index contributed by atoms with van der Waals surface area (Å²) in [5.41, 5.74) is 12.9. The Bertz CT molecular complexity index is 3330. The molecule has 0 aliphatic heterocycles. The summed E-state index contributed by atoms with van der Waals surface area (Å²) in [6.45, 7) is 0. The lowest BCUT2D eigenvalue weighted by atomic mass is 9.94. The Hall–Kier alpha value is -7.74. The van der Waals surface area contributed by atoms with E-state index in [0.29, 0.717) is 0 Å². The highest BCUT2D eigenvalue weighted by atomic mass is 15.1. The van der Waals surface area contributed by atoms with Crippen molar-refractivity contribution in [3.63, 3.8) is 0 Å². The number of anilines is 3. The average Bonchev–Trinajstić information content (AvgIpc) is 3.31. The molecule has 0 saturated heterocycles. The number of benzene rings is 11. The van der Waals surface area contributed by atoms with Gasteiger partial charge in [0.2, 0.25) is 0 Å². The van der Waals surface area contributed by atoms with Gasteiger partial charge in [-0.2, -0.15) is 0 Å². The average molecular weight is 750 g/mol. The zero-order chi connectivity index (χ0) is 39.1. The molecular formula is C58H39N. The van der Waals surface area contributed by atoms with E-state index in [1.54, 1.807) is 0 Å². The predicted octanol–water partition coefficient (Wildman–Crippen LogP) is 16.4. The van der Waals surface area contributed by atoms with Gasteiger partial charge in [-0.15, -0.1) is 0 Å². The molecule has 11 aromatic carbocycles. The van der Waals surface area contributed by atoms with Gasteiger partial charge in [-0.3, -0.25) is 0 Å². The van der Waals surface area contributed by atoms with Gasteiger partial charge in [0.25, 0.3) is 0 Å². The summed E-state index contributed by atoms with van der Waals surface area (Å²) in [6, 6.07) is 86.5. The van der Waals surface area contributed by atoms with E-state index in [1.807, 2.05) is 0 Å². The molecule has 59 heavy (non-hydrogen) atoms. The van der Waals surface area contributed by atoms with Gasteiger partial charge < -0.3 is 4.90 Å². The second-order valence-corrected chi connectivity index (χ2v) is 15.3. The number of hydrogen-bond donors (Lipinski definition) is 0. The maximum Gasteiger partial charge on any atom is 0.0546 e. The van der Waals surface area contributed by atoms with Gasteiger partial charge in [0, 0.05) is 16.6 Å². The molecule has 0 fully saturated rings. The molecule has 0 radical (unpaired) electrons. The molecule has 0 amide bonds. The smallest absolute Gasteiger partial charge is 0.0546 e. The maximum atomic E-state index is 2.47. The van der Waals surface area contributed by atoms with Crippen LogP contribution in [0.1, 0.15) is 0 Å². The van der Waals surface area contributed by atoms with Crippen molar-refractivity contribution in [3.05, 3.63) is 237 Å². The van der Waals surface area contributed by atoms with Crippen molar-refractivity contribution in [3.8, 4) is 44.5 Å². The minimum absolute atomic E-state index is 1.09. The first-order valence-electron chi connectivity index (χ1n) is 20.3. The van der Waals surface area contributed by atoms with Crippen LogP contribution in [0.2, 0.25) is 0 Å². The van der Waals surface area contributed by atoms with E-state index < -0.39 is 0 Å². The Morgan fingerprint density at radius 2 is 0.695 bits per heavy atom. The predicted molar refractivity (Wildman–Crippen MR) is 253 cm³/mol. The molecule has 0 aliphatic rings. The molecule has 0 spiro atoms. The second-order valence-electron chi connectivity index (χ2n) is 15.3. The number of nitrogens with zero attached hydrogens (tertiary/aromatic N) is 1. The molecule has 1 heteroatoms. The number of hydrogen-bond acceptors (Lipinski definition) is 1. The van der Waals surface area contributed by atoms with Crippen molar-refractivity contribution >= 4 is 60.2 Å². The molecule has 0 aromatic heterocycles. The van der Waals surface area contributed by atoms with E-state index in [4.69, 9.17) is 0 Å². The first-order valence-corrected chi connectivity index (χ1v) is 20.3. The molecular weight excluding hydrogens is 711 g/mol. The molecule has 0 heterocycles. The minimum atomic E-state index is 1.09. The van der Waals surface area contributed by atoms with Crippen LogP contribution in [0, 0.1) is 0 Å². The molecule has 0 aliphatic carbocycles. The number of rotatable bonds is 7. The van der Waals surface area contributed by atoms with Crippen molar-refractivity contribution in [1.29, 1.82) is 0 Å². The molecule has 0 atom stereocenters. The van der Waals surface area contributed by atoms with Crippen LogP contribution in [0.3, 0.4) is 0 Å². The highest BCUT2D eigenvalue weighted by Gasteiger charge is 2.21. The lowest BCUT2D eigenvalue weighted by Crippen LogP contribution is -2.12. The third-order valence-corrected chi connectivity index (χ3v) is 11.8. The van der Waals surface area contributed by atoms with Gasteiger partial charge >= 0.3 is 0 Å². The molecule has 1 nitrogen and oxygen atoms in total. The largest absolute Gasteiger partial charge is 0.309 e. The molecule has 0 saturated carbocycles. The fourth-order valence-electron chi connectivity index (χ4n) is 8.82. The van der Waals surface area contributed by atoms with Gasteiger partial charge in [-0.25, -0.2) is 0 Å². The number of fused-ring (bicyclic) bond motifs is 4. The van der Waals surface area contributed by atoms with Crippen molar-refractivity contribution < 1.29 is 0 Å². The molecule has 0 N–H and O–H groups in total. The molecule has 0 unspecified atom stereocenters. The third kappa shape index (κ3) is 6.40. The maximum absolute atomic E-state index is 2.47. The highest BCUT2D eigenvalue weighted by Crippen LogP contribution is 2.46. The quantitative estimate of drug-likeness (QED) is 0.157. The van der Waals surface area contributed by atoms with Crippen LogP contribution >= 0.6 is 0 Å². The molecule has 11 aromatic rings. The van der Waals surface area contributed by atoms with Crippen molar-refractivity contribution in [2.45, 2.75) is 0 Å². The molecule has 276 valence electrons. The molecule has 11 rings (SSSR count). The summed E-state index contributed by atoms with van der Waals surface area (Å²) >= 11 is 0. The Labute approximate surface area is 344 Å². The second kappa shape index (κ2) is 14.6. The lowest BCUT2D eigenvalue weighted by Gasteiger charge is -2.30. The normalized spacial score (nSPS) is 11.4. The Morgan fingerprint density at radius 1 is 0.220 bits per heavy atom. The SMILES string of the molecule is c1cc(-c2ccc(N(c3cc(-c4ccc5ccccc5c4)ccc3-c3ccc4ccccc4c3)c3cccc4ccccc34)cc2)cc(-c2cccc3ccccc23)c1. The van der Waals surface area contributed by atoms with Crippen LogP contribution in [0.5, 0.6) is 0 Å². The summed E-state index contributed by atoms with van der Waals surface area (Å²) in [4.78, 5) is 2.47. The monoisotopic (exact) mass is 749 g/mol. The van der Waals surface area contributed by atoms with E-state index in [-0.39, 0.29) is 0 Å². The first kappa shape index (κ1) is 34.5. The van der Waals surface area contributed by atoms with E-state index in [2.05, 4.69) is 241 Å². The van der Waals surface area contributed by atoms with Crippen LogP contribution in [0.15, 0.2) is 237 Å². The zero-order valence-corrected chi connectivity index (χ0v) is 32.5. The van der Waals surface area contributed by atoms with Crippen molar-refractivity contribution in [2.75, 3.05) is 4.90 Å². The fourth-order valence-corrected chi connectivity index (χ4v) is 8.82. The van der Waals surface area contributed by atoms with E-state index in [0.717, 1.165) is 17.1 Å². The van der Waals surface area contributed by atoms with Crippen LogP contribution < -0.4 is 4.90 Å². The van der Waals surface area contributed by atoms with E-state index in [9.17, 15) is 0 Å². The summed E-state index contributed by atoms with van der Waals surface area (Å²) in [5, 5.41) is 9.85. The van der Waals surface area contributed by atoms with Gasteiger partial charge in [0.05, 0.1) is 11.4 Å². The van der Waals surface area contributed by atoms with E-state index in [1.165, 1.54) is 87.6 Å².